The Hall–Kier alpha value is -1.00. The van der Waals surface area contributed by atoms with E-state index in [9.17, 15) is 0 Å². The van der Waals surface area contributed by atoms with Crippen LogP contribution in [0.4, 0.5) is 0 Å². The van der Waals surface area contributed by atoms with E-state index in [-0.39, 0.29) is 0 Å². The van der Waals surface area contributed by atoms with E-state index >= 15 is 0 Å². The Balaban J connectivity index is 2.47. The zero-order valence-electron chi connectivity index (χ0n) is 10.2. The maximum Gasteiger partial charge on any atom is 0.162 e. The molecule has 2 heterocycles. The van der Waals surface area contributed by atoms with Crippen molar-refractivity contribution in [3.05, 3.63) is 39.8 Å². The maximum atomic E-state index is 6.13. The molecule has 2 aromatic heterocycles. The molecule has 0 amide bonds. The Kier molecular flexibility index (Phi) is 4.30. The van der Waals surface area contributed by atoms with Gasteiger partial charge < -0.3 is 0 Å². The SMILES string of the molecule is CC(C)Cc1nc(-c2cccnc2)nc(Cl)c1Br. The van der Waals surface area contributed by atoms with E-state index in [1.165, 1.54) is 0 Å². The molecule has 18 heavy (non-hydrogen) atoms. The van der Waals surface area contributed by atoms with Gasteiger partial charge in [0.2, 0.25) is 0 Å². The number of hydrogen-bond acceptors (Lipinski definition) is 3. The lowest BCUT2D eigenvalue weighted by atomic mass is 10.1. The van der Waals surface area contributed by atoms with Gasteiger partial charge in [0.15, 0.2) is 5.82 Å². The molecule has 0 saturated heterocycles. The Morgan fingerprint density at radius 1 is 1.33 bits per heavy atom. The summed E-state index contributed by atoms with van der Waals surface area (Å²) < 4.78 is 0.783. The smallest absolute Gasteiger partial charge is 0.162 e. The van der Waals surface area contributed by atoms with Gasteiger partial charge in [0.05, 0.1) is 10.2 Å². The van der Waals surface area contributed by atoms with Crippen LogP contribution in [0.25, 0.3) is 11.4 Å². The number of hydrogen-bond donors (Lipinski definition) is 0. The molecule has 3 nitrogen and oxygen atoms in total. The van der Waals surface area contributed by atoms with E-state index in [0.29, 0.717) is 16.9 Å². The van der Waals surface area contributed by atoms with Gasteiger partial charge in [0.25, 0.3) is 0 Å². The van der Waals surface area contributed by atoms with Crippen molar-refractivity contribution in [3.8, 4) is 11.4 Å². The molecule has 94 valence electrons. The first-order valence-electron chi connectivity index (χ1n) is 5.70. The molecular weight excluding hydrogens is 314 g/mol. The molecule has 0 saturated carbocycles. The predicted molar refractivity (Wildman–Crippen MR) is 76.5 cm³/mol. The second-order valence-electron chi connectivity index (χ2n) is 4.44. The Morgan fingerprint density at radius 3 is 2.72 bits per heavy atom. The highest BCUT2D eigenvalue weighted by Gasteiger charge is 2.13. The van der Waals surface area contributed by atoms with Crippen molar-refractivity contribution in [3.63, 3.8) is 0 Å². The number of aromatic nitrogens is 3. The number of rotatable bonds is 3. The van der Waals surface area contributed by atoms with E-state index in [2.05, 4.69) is 44.7 Å². The van der Waals surface area contributed by atoms with Crippen molar-refractivity contribution in [2.45, 2.75) is 20.3 Å². The van der Waals surface area contributed by atoms with E-state index in [1.807, 2.05) is 12.1 Å². The minimum Gasteiger partial charge on any atom is -0.264 e. The van der Waals surface area contributed by atoms with Crippen molar-refractivity contribution >= 4 is 27.5 Å². The summed E-state index contributed by atoms with van der Waals surface area (Å²) in [5, 5.41) is 0.444. The third kappa shape index (κ3) is 3.06. The van der Waals surface area contributed by atoms with Crippen LogP contribution in [-0.2, 0) is 6.42 Å². The molecule has 0 radical (unpaired) electrons. The van der Waals surface area contributed by atoms with Crippen LogP contribution >= 0.6 is 27.5 Å². The molecule has 2 aromatic rings. The van der Waals surface area contributed by atoms with Crippen molar-refractivity contribution < 1.29 is 0 Å². The highest BCUT2D eigenvalue weighted by atomic mass is 79.9. The van der Waals surface area contributed by atoms with Crippen molar-refractivity contribution in [1.82, 2.24) is 15.0 Å². The van der Waals surface area contributed by atoms with Gasteiger partial charge in [-0.3, -0.25) is 4.98 Å². The fourth-order valence-corrected chi connectivity index (χ4v) is 2.14. The Bertz CT molecular complexity index is 543. The molecule has 0 unspecified atom stereocenters. The molecule has 0 spiro atoms. The topological polar surface area (TPSA) is 38.7 Å². The third-order valence-corrected chi connectivity index (χ3v) is 3.74. The first-order valence-corrected chi connectivity index (χ1v) is 6.87. The molecule has 5 heteroatoms. The van der Waals surface area contributed by atoms with E-state index < -0.39 is 0 Å². The Labute approximate surface area is 120 Å². The van der Waals surface area contributed by atoms with E-state index in [1.54, 1.807) is 12.4 Å². The first kappa shape index (κ1) is 13.4. The number of nitrogens with zero attached hydrogens (tertiary/aromatic N) is 3. The average Bonchev–Trinajstić information content (AvgIpc) is 2.35. The van der Waals surface area contributed by atoms with Gasteiger partial charge in [-0.2, -0.15) is 0 Å². The van der Waals surface area contributed by atoms with Gasteiger partial charge in [-0.25, -0.2) is 9.97 Å². The minimum atomic E-state index is 0.444. The zero-order chi connectivity index (χ0) is 13.1. The highest BCUT2D eigenvalue weighted by molar-refractivity contribution is 9.10. The fourth-order valence-electron chi connectivity index (χ4n) is 1.61. The largest absolute Gasteiger partial charge is 0.264 e. The van der Waals surface area contributed by atoms with Crippen LogP contribution in [0.5, 0.6) is 0 Å². The van der Waals surface area contributed by atoms with E-state index in [4.69, 9.17) is 11.6 Å². The van der Waals surface area contributed by atoms with Crippen LogP contribution in [0.3, 0.4) is 0 Å². The molecule has 0 aliphatic heterocycles. The normalized spacial score (nSPS) is 10.9. The quantitative estimate of drug-likeness (QED) is 0.795. The fraction of sp³-hybridized carbons (Fsp3) is 0.308. The summed E-state index contributed by atoms with van der Waals surface area (Å²) in [5.41, 5.74) is 1.81. The number of halogens is 2. The summed E-state index contributed by atoms with van der Waals surface area (Å²) in [6.07, 6.45) is 4.31. The van der Waals surface area contributed by atoms with Crippen LogP contribution < -0.4 is 0 Å². The molecule has 2 rings (SSSR count). The van der Waals surface area contributed by atoms with Gasteiger partial charge in [-0.15, -0.1) is 0 Å². The number of pyridine rings is 1. The van der Waals surface area contributed by atoms with Crippen molar-refractivity contribution in [1.29, 1.82) is 0 Å². The van der Waals surface area contributed by atoms with Crippen LogP contribution in [-0.4, -0.2) is 15.0 Å². The summed E-state index contributed by atoms with van der Waals surface area (Å²) in [6, 6.07) is 3.78. The molecule has 0 aliphatic rings. The standard InChI is InChI=1S/C13H13BrClN3/c1-8(2)6-10-11(14)12(15)18-13(17-10)9-4-3-5-16-7-9/h3-5,7-8H,6H2,1-2H3. The second kappa shape index (κ2) is 5.76. The van der Waals surface area contributed by atoms with Gasteiger partial charge in [-0.05, 0) is 40.4 Å². The lowest BCUT2D eigenvalue weighted by molar-refractivity contribution is 0.632. The summed E-state index contributed by atoms with van der Waals surface area (Å²) in [4.78, 5) is 12.9. The molecule has 0 fully saturated rings. The molecule has 0 bridgehead atoms. The molecule has 0 aliphatic carbocycles. The van der Waals surface area contributed by atoms with E-state index in [0.717, 1.165) is 22.2 Å². The molecule has 0 N–H and O–H groups in total. The second-order valence-corrected chi connectivity index (χ2v) is 5.59. The molecular formula is C13H13BrClN3. The van der Waals surface area contributed by atoms with Crippen LogP contribution in [0.1, 0.15) is 19.5 Å². The monoisotopic (exact) mass is 325 g/mol. The maximum absolute atomic E-state index is 6.13. The summed E-state index contributed by atoms with van der Waals surface area (Å²) in [5.74, 6) is 1.13. The summed E-state index contributed by atoms with van der Waals surface area (Å²) in [7, 11) is 0. The third-order valence-electron chi connectivity index (χ3n) is 2.40. The van der Waals surface area contributed by atoms with Gasteiger partial charge in [-0.1, -0.05) is 25.4 Å². The molecule has 0 atom stereocenters. The molecule has 0 aromatic carbocycles. The van der Waals surface area contributed by atoms with Crippen LogP contribution in [0, 0.1) is 5.92 Å². The van der Waals surface area contributed by atoms with Gasteiger partial charge in [0.1, 0.15) is 5.15 Å². The lowest BCUT2D eigenvalue weighted by Gasteiger charge is -2.09. The van der Waals surface area contributed by atoms with Crippen molar-refractivity contribution in [2.75, 3.05) is 0 Å². The van der Waals surface area contributed by atoms with Crippen LogP contribution in [0.15, 0.2) is 29.0 Å². The van der Waals surface area contributed by atoms with Crippen LogP contribution in [0.2, 0.25) is 5.15 Å². The lowest BCUT2D eigenvalue weighted by Crippen LogP contribution is -2.02. The zero-order valence-corrected chi connectivity index (χ0v) is 12.5. The average molecular weight is 327 g/mol. The summed E-state index contributed by atoms with van der Waals surface area (Å²) >= 11 is 9.58. The summed E-state index contributed by atoms with van der Waals surface area (Å²) in [6.45, 7) is 4.29. The van der Waals surface area contributed by atoms with Crippen molar-refractivity contribution in [2.24, 2.45) is 5.92 Å². The Morgan fingerprint density at radius 2 is 2.11 bits per heavy atom. The minimum absolute atomic E-state index is 0.444. The highest BCUT2D eigenvalue weighted by Crippen LogP contribution is 2.28. The van der Waals surface area contributed by atoms with Gasteiger partial charge >= 0.3 is 0 Å². The van der Waals surface area contributed by atoms with Gasteiger partial charge in [0, 0.05) is 18.0 Å². The first-order chi connectivity index (χ1) is 8.58. The predicted octanol–water partition coefficient (Wildman–Crippen LogP) is 4.15.